The zero-order valence-corrected chi connectivity index (χ0v) is 17.3. The number of pyridine rings is 1. The minimum absolute atomic E-state index is 0.391. The van der Waals surface area contributed by atoms with Gasteiger partial charge in [0.25, 0.3) is 5.56 Å². The SMILES string of the molecule is CCc1cc(C(=O)OC(=O)C(F)(F)F)c(=O)[nH]c1-c1ccc(N2C[C@H]3CCN[C@H]3C2)cc1. The van der Waals surface area contributed by atoms with Crippen LogP contribution in [0, 0.1) is 5.92 Å². The minimum Gasteiger partial charge on any atom is -0.382 e. The van der Waals surface area contributed by atoms with Crippen LogP contribution in [-0.4, -0.2) is 48.8 Å². The number of benzene rings is 1. The molecule has 0 aliphatic carbocycles. The van der Waals surface area contributed by atoms with Crippen molar-refractivity contribution in [2.75, 3.05) is 24.5 Å². The van der Waals surface area contributed by atoms with Crippen LogP contribution in [0.25, 0.3) is 11.3 Å². The van der Waals surface area contributed by atoms with Gasteiger partial charge in [0.1, 0.15) is 5.56 Å². The highest BCUT2D eigenvalue weighted by molar-refractivity contribution is 5.98. The molecule has 0 spiro atoms. The molecule has 7 nitrogen and oxygen atoms in total. The summed E-state index contributed by atoms with van der Waals surface area (Å²) in [5.41, 5.74) is 1.17. The number of nitrogens with zero attached hydrogens (tertiary/aromatic N) is 1. The Hall–Kier alpha value is -3.14. The van der Waals surface area contributed by atoms with Crippen LogP contribution in [0.1, 0.15) is 29.3 Å². The molecule has 2 aromatic rings. The summed E-state index contributed by atoms with van der Waals surface area (Å²) in [7, 11) is 0. The molecule has 0 radical (unpaired) electrons. The molecule has 2 saturated heterocycles. The fourth-order valence-electron chi connectivity index (χ4n) is 4.36. The molecular formula is C22H22F3N3O4. The molecule has 2 aliphatic rings. The van der Waals surface area contributed by atoms with Gasteiger partial charge < -0.3 is 19.9 Å². The summed E-state index contributed by atoms with van der Waals surface area (Å²) >= 11 is 0. The normalized spacial score (nSPS) is 20.3. The molecule has 2 fully saturated rings. The number of hydrogen-bond acceptors (Lipinski definition) is 6. The number of halogens is 3. The van der Waals surface area contributed by atoms with Gasteiger partial charge in [0.15, 0.2) is 0 Å². The predicted octanol–water partition coefficient (Wildman–Crippen LogP) is 2.65. The Morgan fingerprint density at radius 2 is 1.91 bits per heavy atom. The number of carbonyl (C=O) groups is 2. The van der Waals surface area contributed by atoms with E-state index in [1.807, 2.05) is 24.3 Å². The monoisotopic (exact) mass is 449 g/mol. The average Bonchev–Trinajstić information content (AvgIpc) is 3.35. The predicted molar refractivity (Wildman–Crippen MR) is 110 cm³/mol. The van der Waals surface area contributed by atoms with Crippen LogP contribution in [0.5, 0.6) is 0 Å². The third-order valence-corrected chi connectivity index (χ3v) is 6.02. The summed E-state index contributed by atoms with van der Waals surface area (Å²) in [6, 6.07) is 9.30. The lowest BCUT2D eigenvalue weighted by molar-refractivity contribution is -0.193. The van der Waals surface area contributed by atoms with Gasteiger partial charge in [-0.15, -0.1) is 0 Å². The van der Waals surface area contributed by atoms with E-state index in [1.165, 1.54) is 12.5 Å². The van der Waals surface area contributed by atoms with Crippen LogP contribution in [0.2, 0.25) is 0 Å². The number of H-pyrrole nitrogens is 1. The molecule has 2 N–H and O–H groups in total. The number of anilines is 1. The fraction of sp³-hybridized carbons (Fsp3) is 0.409. The second-order valence-corrected chi connectivity index (χ2v) is 8.00. The third kappa shape index (κ3) is 4.27. The Morgan fingerprint density at radius 3 is 2.53 bits per heavy atom. The van der Waals surface area contributed by atoms with Crippen molar-refractivity contribution in [2.24, 2.45) is 5.92 Å². The Morgan fingerprint density at radius 1 is 1.19 bits per heavy atom. The minimum atomic E-state index is -5.33. The second-order valence-electron chi connectivity index (χ2n) is 8.00. The molecule has 10 heteroatoms. The van der Waals surface area contributed by atoms with Gasteiger partial charge in [0, 0.05) is 24.8 Å². The first kappa shape index (κ1) is 22.1. The summed E-state index contributed by atoms with van der Waals surface area (Å²) in [5, 5.41) is 3.51. The van der Waals surface area contributed by atoms with Crippen molar-refractivity contribution in [3.05, 3.63) is 51.8 Å². The first-order valence-corrected chi connectivity index (χ1v) is 10.4. The fourth-order valence-corrected chi connectivity index (χ4v) is 4.36. The number of rotatable bonds is 4. The number of carbonyl (C=O) groups excluding carboxylic acids is 2. The number of aromatic amines is 1. The Labute approximate surface area is 181 Å². The van der Waals surface area contributed by atoms with E-state index in [0.717, 1.165) is 25.3 Å². The largest absolute Gasteiger partial charge is 0.491 e. The molecule has 0 unspecified atom stereocenters. The Bertz CT molecular complexity index is 1080. The maximum atomic E-state index is 12.4. The molecule has 0 saturated carbocycles. The van der Waals surface area contributed by atoms with Gasteiger partial charge in [-0.25, -0.2) is 9.59 Å². The number of esters is 2. The second kappa shape index (κ2) is 8.42. The molecular weight excluding hydrogens is 427 g/mol. The van der Waals surface area contributed by atoms with Crippen molar-refractivity contribution in [2.45, 2.75) is 32.0 Å². The van der Waals surface area contributed by atoms with E-state index in [2.05, 4.69) is 19.9 Å². The quantitative estimate of drug-likeness (QED) is 0.551. The smallest absolute Gasteiger partial charge is 0.382 e. The Kier molecular flexibility index (Phi) is 5.81. The van der Waals surface area contributed by atoms with Crippen molar-refractivity contribution >= 4 is 17.6 Å². The maximum Gasteiger partial charge on any atom is 0.491 e. The van der Waals surface area contributed by atoms with E-state index >= 15 is 0 Å². The van der Waals surface area contributed by atoms with Crippen LogP contribution in [0.3, 0.4) is 0 Å². The van der Waals surface area contributed by atoms with Crippen molar-refractivity contribution in [1.82, 2.24) is 10.3 Å². The van der Waals surface area contributed by atoms with Crippen LogP contribution < -0.4 is 15.8 Å². The highest BCUT2D eigenvalue weighted by Gasteiger charge is 2.43. The van der Waals surface area contributed by atoms with Gasteiger partial charge in [0.2, 0.25) is 0 Å². The lowest BCUT2D eigenvalue weighted by Gasteiger charge is -2.20. The van der Waals surface area contributed by atoms with E-state index in [1.54, 1.807) is 6.92 Å². The molecule has 2 aliphatic heterocycles. The van der Waals surface area contributed by atoms with Crippen molar-refractivity contribution < 1.29 is 27.5 Å². The van der Waals surface area contributed by atoms with Crippen LogP contribution in [0.15, 0.2) is 35.1 Å². The molecule has 2 atom stereocenters. The van der Waals surface area contributed by atoms with Gasteiger partial charge in [0.05, 0.1) is 5.69 Å². The highest BCUT2D eigenvalue weighted by atomic mass is 19.4. The van der Waals surface area contributed by atoms with Gasteiger partial charge in [-0.05, 0) is 54.6 Å². The molecule has 3 heterocycles. The standard InChI is InChI=1S/C22H22F3N3O4/c1-2-12-9-16(20(30)32-21(31)22(23,24)25)19(29)27-18(12)13-3-5-15(6-4-13)28-10-14-7-8-26-17(14)11-28/h3-6,9,14,17,26H,2,7-8,10-11H2,1H3,(H,27,29)/t14-,17+/m1/s1. The van der Waals surface area contributed by atoms with Gasteiger partial charge in [-0.1, -0.05) is 19.1 Å². The molecule has 1 aromatic heterocycles. The van der Waals surface area contributed by atoms with Crippen molar-refractivity contribution in [3.8, 4) is 11.3 Å². The molecule has 170 valence electrons. The molecule has 1 aromatic carbocycles. The van der Waals surface area contributed by atoms with Crippen LogP contribution >= 0.6 is 0 Å². The lowest BCUT2D eigenvalue weighted by atomic mass is 10.0. The first-order valence-electron chi connectivity index (χ1n) is 10.4. The number of ether oxygens (including phenoxy) is 1. The van der Waals surface area contributed by atoms with E-state index in [4.69, 9.17) is 0 Å². The lowest BCUT2D eigenvalue weighted by Crippen LogP contribution is -2.30. The van der Waals surface area contributed by atoms with Crippen LogP contribution in [0.4, 0.5) is 18.9 Å². The summed E-state index contributed by atoms with van der Waals surface area (Å²) in [4.78, 5) is 40.1. The number of aromatic nitrogens is 1. The van der Waals surface area contributed by atoms with Crippen LogP contribution in [-0.2, 0) is 16.0 Å². The van der Waals surface area contributed by atoms with Gasteiger partial charge in [-0.2, -0.15) is 13.2 Å². The first-order chi connectivity index (χ1) is 15.2. The zero-order chi connectivity index (χ0) is 23.0. The maximum absolute atomic E-state index is 12.4. The van der Waals surface area contributed by atoms with E-state index in [-0.39, 0.29) is 0 Å². The summed E-state index contributed by atoms with van der Waals surface area (Å²) in [6.45, 7) is 4.76. The number of alkyl halides is 3. The summed E-state index contributed by atoms with van der Waals surface area (Å²) in [6.07, 6.45) is -3.77. The number of aryl methyl sites for hydroxylation is 1. The van der Waals surface area contributed by atoms with Gasteiger partial charge in [-0.3, -0.25) is 4.79 Å². The zero-order valence-electron chi connectivity index (χ0n) is 17.3. The summed E-state index contributed by atoms with van der Waals surface area (Å²) < 4.78 is 40.8. The Balaban J connectivity index is 1.56. The van der Waals surface area contributed by atoms with Crippen molar-refractivity contribution in [1.29, 1.82) is 0 Å². The van der Waals surface area contributed by atoms with E-state index < -0.39 is 29.2 Å². The van der Waals surface area contributed by atoms with Crippen molar-refractivity contribution in [3.63, 3.8) is 0 Å². The summed E-state index contributed by atoms with van der Waals surface area (Å²) in [5.74, 6) is -3.66. The molecule has 0 amide bonds. The van der Waals surface area contributed by atoms with E-state index in [0.29, 0.717) is 35.2 Å². The molecule has 0 bridgehead atoms. The third-order valence-electron chi connectivity index (χ3n) is 6.02. The average molecular weight is 449 g/mol. The van der Waals surface area contributed by atoms with Gasteiger partial charge >= 0.3 is 18.1 Å². The molecule has 32 heavy (non-hydrogen) atoms. The molecule has 4 rings (SSSR count). The highest BCUT2D eigenvalue weighted by Crippen LogP contribution is 2.31. The topological polar surface area (TPSA) is 91.5 Å². The number of nitrogens with one attached hydrogen (secondary N) is 2. The van der Waals surface area contributed by atoms with E-state index in [9.17, 15) is 27.6 Å². The number of fused-ring (bicyclic) bond motifs is 1. The number of hydrogen-bond donors (Lipinski definition) is 2.